The van der Waals surface area contributed by atoms with Crippen molar-refractivity contribution in [3.05, 3.63) is 28.0 Å². The summed E-state index contributed by atoms with van der Waals surface area (Å²) in [5.74, 6) is 0. The van der Waals surface area contributed by atoms with Crippen LogP contribution in [0.1, 0.15) is 11.1 Å². The maximum Gasteiger partial charge on any atom is 0.123 e. The van der Waals surface area contributed by atoms with Crippen molar-refractivity contribution in [1.29, 1.82) is 5.26 Å². The smallest absolute Gasteiger partial charge is 0.123 e. The lowest BCUT2D eigenvalue weighted by Gasteiger charge is -1.94. The summed E-state index contributed by atoms with van der Waals surface area (Å²) >= 11 is 3.10. The second kappa shape index (κ2) is 3.83. The molecule has 0 fully saturated rings. The van der Waals surface area contributed by atoms with Gasteiger partial charge in [0.1, 0.15) is 10.7 Å². The molecule has 0 unspecified atom stereocenters. The van der Waals surface area contributed by atoms with Gasteiger partial charge in [0.05, 0.1) is 11.8 Å². The molecular weight excluding hydrogens is 222 g/mol. The number of rotatable bonds is 1. The van der Waals surface area contributed by atoms with Crippen LogP contribution in [0.5, 0.6) is 0 Å². The van der Waals surface area contributed by atoms with Crippen LogP contribution in [0.2, 0.25) is 0 Å². The van der Waals surface area contributed by atoms with Crippen molar-refractivity contribution in [3.63, 3.8) is 0 Å². The first kappa shape index (κ1) is 8.68. The predicted octanol–water partition coefficient (Wildman–Crippen LogP) is 1.52. The number of nitrogens with zero attached hydrogens (tertiary/aromatic N) is 3. The second-order valence-electron chi connectivity index (χ2n) is 1.96. The largest absolute Gasteiger partial charge is 0.411 e. The summed E-state index contributed by atoms with van der Waals surface area (Å²) in [6.45, 7) is 0. The van der Waals surface area contributed by atoms with Crippen molar-refractivity contribution in [3.8, 4) is 6.07 Å². The SMILES string of the molecule is N#Cc1cc(/C=N/O)cnc1Br. The van der Waals surface area contributed by atoms with E-state index in [1.165, 1.54) is 12.4 Å². The zero-order chi connectivity index (χ0) is 8.97. The highest BCUT2D eigenvalue weighted by molar-refractivity contribution is 9.10. The first-order chi connectivity index (χ1) is 5.77. The van der Waals surface area contributed by atoms with Gasteiger partial charge in [-0.3, -0.25) is 0 Å². The van der Waals surface area contributed by atoms with E-state index in [2.05, 4.69) is 26.1 Å². The predicted molar refractivity (Wildman–Crippen MR) is 46.0 cm³/mol. The standard InChI is InChI=1S/C7H4BrN3O/c8-7-6(2-9)1-5(3-10-7)4-11-12/h1,3-4,12H/b11-4+. The normalized spacial score (nSPS) is 10.0. The maximum atomic E-state index is 8.58. The van der Waals surface area contributed by atoms with Gasteiger partial charge in [-0.2, -0.15) is 5.26 Å². The number of hydrogen-bond acceptors (Lipinski definition) is 4. The summed E-state index contributed by atoms with van der Waals surface area (Å²) < 4.78 is 0.486. The Hall–Kier alpha value is -1.41. The van der Waals surface area contributed by atoms with E-state index in [0.29, 0.717) is 15.7 Å². The van der Waals surface area contributed by atoms with E-state index in [4.69, 9.17) is 10.5 Å². The van der Waals surface area contributed by atoms with Crippen LogP contribution in [0, 0.1) is 11.3 Å². The number of nitriles is 1. The lowest BCUT2D eigenvalue weighted by molar-refractivity contribution is 0.322. The maximum absolute atomic E-state index is 8.58. The number of hydrogen-bond donors (Lipinski definition) is 1. The van der Waals surface area contributed by atoms with Gasteiger partial charge in [-0.05, 0) is 22.0 Å². The lowest BCUT2D eigenvalue weighted by Crippen LogP contribution is -1.88. The summed E-state index contributed by atoms with van der Waals surface area (Å²) in [4.78, 5) is 3.86. The molecule has 0 amide bonds. The Labute approximate surface area is 77.3 Å². The Balaban J connectivity index is 3.16. The van der Waals surface area contributed by atoms with E-state index in [0.717, 1.165) is 0 Å². The van der Waals surface area contributed by atoms with Gasteiger partial charge in [0.25, 0.3) is 0 Å². The Morgan fingerprint density at radius 3 is 3.08 bits per heavy atom. The lowest BCUT2D eigenvalue weighted by atomic mass is 10.2. The highest BCUT2D eigenvalue weighted by Gasteiger charge is 1.99. The molecule has 1 aromatic heterocycles. The molecule has 1 heterocycles. The molecule has 1 N–H and O–H groups in total. The van der Waals surface area contributed by atoms with E-state index in [-0.39, 0.29) is 0 Å². The Morgan fingerprint density at radius 1 is 1.75 bits per heavy atom. The molecule has 0 aliphatic heterocycles. The Kier molecular flexibility index (Phi) is 2.77. The molecule has 5 heteroatoms. The van der Waals surface area contributed by atoms with E-state index in [1.54, 1.807) is 6.07 Å². The monoisotopic (exact) mass is 225 g/mol. The molecule has 0 atom stereocenters. The highest BCUT2D eigenvalue weighted by Crippen LogP contribution is 2.12. The number of aromatic nitrogens is 1. The van der Waals surface area contributed by atoms with E-state index in [9.17, 15) is 0 Å². The summed E-state index contributed by atoms with van der Waals surface area (Å²) in [5.41, 5.74) is 0.990. The fourth-order valence-electron chi connectivity index (χ4n) is 0.680. The third kappa shape index (κ3) is 1.80. The van der Waals surface area contributed by atoms with Crippen molar-refractivity contribution < 1.29 is 5.21 Å². The minimum absolute atomic E-state index is 0.410. The third-order valence-electron chi connectivity index (χ3n) is 1.19. The van der Waals surface area contributed by atoms with Gasteiger partial charge in [0.2, 0.25) is 0 Å². The molecule has 0 aromatic carbocycles. The minimum atomic E-state index is 0.410. The highest BCUT2D eigenvalue weighted by atomic mass is 79.9. The summed E-state index contributed by atoms with van der Waals surface area (Å²) in [6, 6.07) is 3.51. The molecule has 0 radical (unpaired) electrons. The average Bonchev–Trinajstić information content (AvgIpc) is 2.09. The molecule has 1 aromatic rings. The van der Waals surface area contributed by atoms with Crippen LogP contribution in [-0.2, 0) is 0 Å². The first-order valence-electron chi connectivity index (χ1n) is 3.01. The van der Waals surface area contributed by atoms with Gasteiger partial charge in [0.15, 0.2) is 0 Å². The summed E-state index contributed by atoms with van der Waals surface area (Å²) in [6.07, 6.45) is 2.70. The number of halogens is 1. The average molecular weight is 226 g/mol. The second-order valence-corrected chi connectivity index (χ2v) is 2.71. The first-order valence-corrected chi connectivity index (χ1v) is 3.80. The number of pyridine rings is 1. The molecule has 4 nitrogen and oxygen atoms in total. The van der Waals surface area contributed by atoms with Crippen molar-refractivity contribution in [1.82, 2.24) is 4.98 Å². The molecule has 60 valence electrons. The molecule has 0 spiro atoms. The molecule has 1 rings (SSSR count). The fraction of sp³-hybridized carbons (Fsp3) is 0. The van der Waals surface area contributed by atoms with E-state index < -0.39 is 0 Å². The molecule has 0 aliphatic rings. The van der Waals surface area contributed by atoms with Gasteiger partial charge in [-0.1, -0.05) is 5.16 Å². The van der Waals surface area contributed by atoms with Crippen LogP contribution in [0.4, 0.5) is 0 Å². The third-order valence-corrected chi connectivity index (χ3v) is 1.82. The van der Waals surface area contributed by atoms with Gasteiger partial charge >= 0.3 is 0 Å². The molecule has 0 bridgehead atoms. The van der Waals surface area contributed by atoms with Crippen LogP contribution >= 0.6 is 15.9 Å². The van der Waals surface area contributed by atoms with E-state index >= 15 is 0 Å². The molecule has 0 aliphatic carbocycles. The summed E-state index contributed by atoms with van der Waals surface area (Å²) in [5, 5.41) is 19.6. The zero-order valence-electron chi connectivity index (χ0n) is 5.90. The van der Waals surface area contributed by atoms with Crippen LogP contribution in [0.15, 0.2) is 22.0 Å². The van der Waals surface area contributed by atoms with Crippen LogP contribution in [0.25, 0.3) is 0 Å². The van der Waals surface area contributed by atoms with Gasteiger partial charge < -0.3 is 5.21 Å². The molecular formula is C7H4BrN3O. The topological polar surface area (TPSA) is 69.3 Å². The van der Waals surface area contributed by atoms with Crippen molar-refractivity contribution in [2.75, 3.05) is 0 Å². The Morgan fingerprint density at radius 2 is 2.50 bits per heavy atom. The molecule has 12 heavy (non-hydrogen) atoms. The molecule has 0 saturated carbocycles. The van der Waals surface area contributed by atoms with Gasteiger partial charge in [-0.25, -0.2) is 4.98 Å². The summed E-state index contributed by atoms with van der Waals surface area (Å²) in [7, 11) is 0. The van der Waals surface area contributed by atoms with Gasteiger partial charge in [-0.15, -0.1) is 0 Å². The van der Waals surface area contributed by atoms with Crippen LogP contribution in [0.3, 0.4) is 0 Å². The molecule has 0 saturated heterocycles. The van der Waals surface area contributed by atoms with E-state index in [1.807, 2.05) is 6.07 Å². The quantitative estimate of drug-likeness (QED) is 0.341. The van der Waals surface area contributed by atoms with Crippen molar-refractivity contribution in [2.45, 2.75) is 0 Å². The zero-order valence-corrected chi connectivity index (χ0v) is 7.48. The van der Waals surface area contributed by atoms with Crippen LogP contribution in [-0.4, -0.2) is 16.4 Å². The Bertz CT molecular complexity index is 356. The van der Waals surface area contributed by atoms with Crippen molar-refractivity contribution >= 4 is 22.1 Å². The fourth-order valence-corrected chi connectivity index (χ4v) is 0.985. The minimum Gasteiger partial charge on any atom is -0.411 e. The van der Waals surface area contributed by atoms with Gasteiger partial charge in [0, 0.05) is 11.8 Å². The number of oxime groups is 1. The van der Waals surface area contributed by atoms with Crippen LogP contribution < -0.4 is 0 Å². The van der Waals surface area contributed by atoms with Crippen molar-refractivity contribution in [2.24, 2.45) is 5.16 Å².